The Kier molecular flexibility index (Phi) is 5.13. The number of nitrogens with zero attached hydrogens (tertiary/aromatic N) is 3. The molecule has 0 radical (unpaired) electrons. The van der Waals surface area contributed by atoms with Crippen molar-refractivity contribution in [1.29, 1.82) is 0 Å². The monoisotopic (exact) mass is 431 g/mol. The molecule has 7 nitrogen and oxygen atoms in total. The fourth-order valence-electron chi connectivity index (χ4n) is 3.81. The zero-order chi connectivity index (χ0) is 21.2. The Morgan fingerprint density at radius 2 is 1.90 bits per heavy atom. The van der Waals surface area contributed by atoms with E-state index in [-0.39, 0.29) is 23.9 Å². The summed E-state index contributed by atoms with van der Waals surface area (Å²) < 4.78 is 7.16. The summed E-state index contributed by atoms with van der Waals surface area (Å²) in [5, 5.41) is 12.8. The molecule has 0 saturated carbocycles. The fraction of sp³-hybridized carbons (Fsp3) is 0.174. The number of hydrogen-bond donors (Lipinski definition) is 2. The lowest BCUT2D eigenvalue weighted by Gasteiger charge is -2.31. The van der Waals surface area contributed by atoms with Crippen molar-refractivity contribution in [2.75, 3.05) is 17.7 Å². The van der Waals surface area contributed by atoms with Crippen LogP contribution in [-0.4, -0.2) is 27.8 Å². The lowest BCUT2D eigenvalue weighted by molar-refractivity contribution is 0.102. The largest absolute Gasteiger partial charge is 0.497 e. The summed E-state index contributed by atoms with van der Waals surface area (Å²) in [4.78, 5) is 17.7. The molecule has 3 heterocycles. The Bertz CT molecular complexity index is 1170. The molecule has 0 spiro atoms. The van der Waals surface area contributed by atoms with Crippen molar-refractivity contribution in [1.82, 2.24) is 14.8 Å². The number of carbonyl (C=O) groups excluding carboxylic acids is 1. The Morgan fingerprint density at radius 3 is 2.61 bits per heavy atom. The minimum atomic E-state index is -0.210. The van der Waals surface area contributed by atoms with Crippen molar-refractivity contribution in [2.45, 2.75) is 18.5 Å². The van der Waals surface area contributed by atoms with E-state index in [0.717, 1.165) is 17.7 Å². The molecule has 31 heavy (non-hydrogen) atoms. The molecule has 1 amide bonds. The van der Waals surface area contributed by atoms with E-state index >= 15 is 0 Å². The van der Waals surface area contributed by atoms with Gasteiger partial charge in [0.2, 0.25) is 5.95 Å². The van der Waals surface area contributed by atoms with Gasteiger partial charge < -0.3 is 10.1 Å². The van der Waals surface area contributed by atoms with Gasteiger partial charge >= 0.3 is 0 Å². The average Bonchev–Trinajstić information content (AvgIpc) is 3.49. The summed E-state index contributed by atoms with van der Waals surface area (Å²) in [6.07, 6.45) is 0.797. The maximum atomic E-state index is 12.5. The van der Waals surface area contributed by atoms with Crippen molar-refractivity contribution in [3.05, 3.63) is 88.1 Å². The molecule has 8 heteroatoms. The van der Waals surface area contributed by atoms with Gasteiger partial charge in [-0.3, -0.25) is 10.1 Å². The first-order chi connectivity index (χ1) is 15.2. The third-order valence-electron chi connectivity index (χ3n) is 5.36. The summed E-state index contributed by atoms with van der Waals surface area (Å²) in [5.41, 5.74) is 2.28. The molecule has 5 rings (SSSR count). The Hall–Kier alpha value is -3.65. The number of rotatable bonds is 5. The average molecular weight is 432 g/mol. The van der Waals surface area contributed by atoms with Gasteiger partial charge in [-0.25, -0.2) is 4.68 Å². The molecule has 0 fully saturated rings. The van der Waals surface area contributed by atoms with Crippen LogP contribution < -0.4 is 15.4 Å². The van der Waals surface area contributed by atoms with Gasteiger partial charge in [0.25, 0.3) is 11.9 Å². The third kappa shape index (κ3) is 3.89. The molecule has 1 aliphatic heterocycles. The van der Waals surface area contributed by atoms with Crippen molar-refractivity contribution >= 4 is 29.1 Å². The van der Waals surface area contributed by atoms with Crippen LogP contribution in [0.3, 0.4) is 0 Å². The molecule has 2 aromatic heterocycles. The van der Waals surface area contributed by atoms with E-state index in [1.165, 1.54) is 16.9 Å². The first-order valence-electron chi connectivity index (χ1n) is 9.98. The molecular weight excluding hydrogens is 410 g/mol. The van der Waals surface area contributed by atoms with E-state index in [1.54, 1.807) is 13.2 Å². The molecule has 2 N–H and O–H groups in total. The summed E-state index contributed by atoms with van der Waals surface area (Å²) in [6.45, 7) is 0. The van der Waals surface area contributed by atoms with E-state index < -0.39 is 0 Å². The number of nitrogens with one attached hydrogen (secondary N) is 2. The Morgan fingerprint density at radius 1 is 1.10 bits per heavy atom. The lowest BCUT2D eigenvalue weighted by Crippen LogP contribution is -2.28. The van der Waals surface area contributed by atoms with Gasteiger partial charge in [-0.05, 0) is 41.1 Å². The van der Waals surface area contributed by atoms with Gasteiger partial charge in [0.15, 0.2) is 0 Å². The SMILES string of the molecule is COc1ccc([C@@H]2C[C@@H](c3ccccc3)Nc3nc(NC(=O)c4cccs4)nn32)cc1. The predicted molar refractivity (Wildman–Crippen MR) is 121 cm³/mol. The second-order valence-electron chi connectivity index (χ2n) is 7.27. The number of benzene rings is 2. The zero-order valence-electron chi connectivity index (χ0n) is 16.9. The van der Waals surface area contributed by atoms with E-state index in [1.807, 2.05) is 58.6 Å². The van der Waals surface area contributed by atoms with E-state index in [4.69, 9.17) is 4.74 Å². The van der Waals surface area contributed by atoms with Gasteiger partial charge in [-0.2, -0.15) is 4.98 Å². The normalized spacial score (nSPS) is 17.5. The van der Waals surface area contributed by atoms with Gasteiger partial charge in [0.05, 0.1) is 24.1 Å². The zero-order valence-corrected chi connectivity index (χ0v) is 17.7. The van der Waals surface area contributed by atoms with Crippen molar-refractivity contribution in [3.63, 3.8) is 0 Å². The molecule has 4 aromatic rings. The van der Waals surface area contributed by atoms with Gasteiger partial charge in [0.1, 0.15) is 5.75 Å². The number of ether oxygens (including phenoxy) is 1. The number of thiophene rings is 1. The first kappa shape index (κ1) is 19.3. The van der Waals surface area contributed by atoms with Crippen LogP contribution in [0.4, 0.5) is 11.9 Å². The molecule has 2 aromatic carbocycles. The third-order valence-corrected chi connectivity index (χ3v) is 6.23. The number of fused-ring (bicyclic) bond motifs is 1. The van der Waals surface area contributed by atoms with Crippen LogP contribution in [0.15, 0.2) is 72.1 Å². The van der Waals surface area contributed by atoms with Gasteiger partial charge in [0, 0.05) is 0 Å². The minimum absolute atomic E-state index is 0.0350. The second-order valence-corrected chi connectivity index (χ2v) is 8.21. The number of anilines is 2. The number of methoxy groups -OCH3 is 1. The van der Waals surface area contributed by atoms with Crippen molar-refractivity contribution < 1.29 is 9.53 Å². The van der Waals surface area contributed by atoms with E-state index in [2.05, 4.69) is 32.8 Å². The van der Waals surface area contributed by atoms with Crippen LogP contribution in [0.2, 0.25) is 0 Å². The summed E-state index contributed by atoms with van der Waals surface area (Å²) in [6, 6.07) is 21.9. The first-order valence-corrected chi connectivity index (χ1v) is 10.9. The smallest absolute Gasteiger partial charge is 0.268 e. The van der Waals surface area contributed by atoms with Gasteiger partial charge in [-0.15, -0.1) is 16.4 Å². The number of aromatic nitrogens is 3. The predicted octanol–water partition coefficient (Wildman–Crippen LogP) is 4.75. The highest BCUT2D eigenvalue weighted by atomic mass is 32.1. The maximum Gasteiger partial charge on any atom is 0.268 e. The second kappa shape index (κ2) is 8.23. The molecule has 2 atom stereocenters. The molecule has 156 valence electrons. The minimum Gasteiger partial charge on any atom is -0.497 e. The number of hydrogen-bond acceptors (Lipinski definition) is 6. The molecule has 0 aliphatic carbocycles. The standard InChI is InChI=1S/C23H21N5O2S/c1-30-17-11-9-16(10-12-17)19-14-18(15-6-3-2-4-7-15)24-23-26-22(27-28(19)23)25-21(29)20-8-5-13-31-20/h2-13,18-19H,14H2,1H3,(H2,24,25,26,27,29)/t18-,19-/m0/s1. The molecule has 0 unspecified atom stereocenters. The Labute approximate surface area is 183 Å². The maximum absolute atomic E-state index is 12.5. The highest BCUT2D eigenvalue weighted by Gasteiger charge is 2.31. The van der Waals surface area contributed by atoms with Crippen LogP contribution in [0.25, 0.3) is 0 Å². The summed E-state index contributed by atoms with van der Waals surface area (Å²) in [7, 11) is 1.66. The molecule has 0 bridgehead atoms. The van der Waals surface area contributed by atoms with E-state index in [9.17, 15) is 4.79 Å². The fourth-order valence-corrected chi connectivity index (χ4v) is 4.43. The quantitative estimate of drug-likeness (QED) is 0.477. The molecular formula is C23H21N5O2S. The van der Waals surface area contributed by atoms with Gasteiger partial charge in [-0.1, -0.05) is 48.5 Å². The highest BCUT2D eigenvalue weighted by Crippen LogP contribution is 2.38. The number of amides is 1. The van der Waals surface area contributed by atoms with Crippen LogP contribution in [-0.2, 0) is 0 Å². The highest BCUT2D eigenvalue weighted by molar-refractivity contribution is 7.12. The summed E-state index contributed by atoms with van der Waals surface area (Å²) in [5.74, 6) is 1.51. The lowest BCUT2D eigenvalue weighted by atomic mass is 9.93. The molecule has 0 saturated heterocycles. The van der Waals surface area contributed by atoms with E-state index in [0.29, 0.717) is 10.8 Å². The topological polar surface area (TPSA) is 81.1 Å². The van der Waals surface area contributed by atoms with Crippen molar-refractivity contribution in [3.8, 4) is 5.75 Å². The van der Waals surface area contributed by atoms with Crippen LogP contribution in [0, 0.1) is 0 Å². The molecule has 1 aliphatic rings. The summed E-state index contributed by atoms with van der Waals surface area (Å²) >= 11 is 1.38. The van der Waals surface area contributed by atoms with Crippen LogP contribution >= 0.6 is 11.3 Å². The van der Waals surface area contributed by atoms with Crippen LogP contribution in [0.5, 0.6) is 5.75 Å². The van der Waals surface area contributed by atoms with Crippen molar-refractivity contribution in [2.24, 2.45) is 0 Å². The van der Waals surface area contributed by atoms with Crippen LogP contribution in [0.1, 0.15) is 39.3 Å². The number of carbonyl (C=O) groups is 1. The Balaban J connectivity index is 1.49.